The Morgan fingerprint density at radius 3 is 2.40 bits per heavy atom. The Hall–Kier alpha value is -1.10. The fraction of sp³-hybridized carbons (Fsp3) is 0.867. The van der Waals surface area contributed by atoms with E-state index in [1.54, 1.807) is 0 Å². The van der Waals surface area contributed by atoms with Gasteiger partial charge in [0.15, 0.2) is 0 Å². The van der Waals surface area contributed by atoms with Crippen molar-refractivity contribution in [2.75, 3.05) is 6.61 Å². The van der Waals surface area contributed by atoms with Crippen LogP contribution in [0, 0.1) is 0 Å². The van der Waals surface area contributed by atoms with Crippen molar-refractivity contribution in [1.82, 2.24) is 10.6 Å². The predicted octanol–water partition coefficient (Wildman–Crippen LogP) is 1.51. The van der Waals surface area contributed by atoms with Crippen LogP contribution < -0.4 is 10.6 Å². The summed E-state index contributed by atoms with van der Waals surface area (Å²) < 4.78 is 5.00. The highest BCUT2D eigenvalue weighted by Crippen LogP contribution is 2.30. The lowest BCUT2D eigenvalue weighted by atomic mass is 9.79. The summed E-state index contributed by atoms with van der Waals surface area (Å²) in [5.41, 5.74) is -0.876. The topological polar surface area (TPSA) is 67.4 Å². The molecule has 0 aromatic rings. The lowest BCUT2D eigenvalue weighted by Gasteiger charge is -2.40. The van der Waals surface area contributed by atoms with Crippen molar-refractivity contribution in [3.05, 3.63) is 0 Å². The van der Waals surface area contributed by atoms with E-state index in [1.165, 1.54) is 0 Å². The number of nitrogens with one attached hydrogen (secondary N) is 2. The SMILES string of the molecule is CC(C)(C)NC(=O)C1(N[C@H]2CCOC2=O)CCCCC1. The predicted molar refractivity (Wildman–Crippen MR) is 76.2 cm³/mol. The smallest absolute Gasteiger partial charge is 0.323 e. The number of rotatable bonds is 3. The van der Waals surface area contributed by atoms with Gasteiger partial charge in [0, 0.05) is 12.0 Å². The summed E-state index contributed by atoms with van der Waals surface area (Å²) in [4.78, 5) is 24.4. The van der Waals surface area contributed by atoms with Gasteiger partial charge in [0.1, 0.15) is 6.04 Å². The van der Waals surface area contributed by atoms with Crippen molar-refractivity contribution in [3.63, 3.8) is 0 Å². The van der Waals surface area contributed by atoms with Crippen LogP contribution in [0.1, 0.15) is 59.3 Å². The summed E-state index contributed by atoms with van der Waals surface area (Å²) >= 11 is 0. The number of carbonyl (C=O) groups excluding carboxylic acids is 2. The summed E-state index contributed by atoms with van der Waals surface area (Å²) in [5, 5.41) is 6.38. The fourth-order valence-corrected chi connectivity index (χ4v) is 3.01. The first kappa shape index (κ1) is 15.3. The number of amides is 1. The molecule has 0 aromatic heterocycles. The molecule has 1 atom stereocenters. The molecule has 1 aliphatic carbocycles. The number of cyclic esters (lactones) is 1. The zero-order chi connectivity index (χ0) is 14.8. The zero-order valence-corrected chi connectivity index (χ0v) is 12.8. The Morgan fingerprint density at radius 1 is 1.25 bits per heavy atom. The van der Waals surface area contributed by atoms with Gasteiger partial charge in [-0.25, -0.2) is 0 Å². The van der Waals surface area contributed by atoms with Crippen LogP contribution in [0.2, 0.25) is 0 Å². The Morgan fingerprint density at radius 2 is 1.90 bits per heavy atom. The molecule has 0 spiro atoms. The van der Waals surface area contributed by atoms with Crippen molar-refractivity contribution in [1.29, 1.82) is 0 Å². The van der Waals surface area contributed by atoms with Gasteiger partial charge in [-0.1, -0.05) is 19.3 Å². The number of esters is 1. The van der Waals surface area contributed by atoms with Gasteiger partial charge < -0.3 is 10.1 Å². The maximum absolute atomic E-state index is 12.7. The molecule has 2 fully saturated rings. The number of ether oxygens (including phenoxy) is 1. The Balaban J connectivity index is 2.12. The first-order chi connectivity index (χ1) is 9.32. The zero-order valence-electron chi connectivity index (χ0n) is 12.8. The van der Waals surface area contributed by atoms with Crippen molar-refractivity contribution in [3.8, 4) is 0 Å². The van der Waals surface area contributed by atoms with Gasteiger partial charge in [-0.2, -0.15) is 0 Å². The molecule has 20 heavy (non-hydrogen) atoms. The number of hydrogen-bond acceptors (Lipinski definition) is 4. The van der Waals surface area contributed by atoms with E-state index in [0.29, 0.717) is 13.0 Å². The molecule has 2 aliphatic rings. The molecule has 0 aromatic carbocycles. The molecule has 2 rings (SSSR count). The van der Waals surface area contributed by atoms with Gasteiger partial charge in [0.2, 0.25) is 5.91 Å². The van der Waals surface area contributed by atoms with E-state index in [-0.39, 0.29) is 23.5 Å². The first-order valence-corrected chi connectivity index (χ1v) is 7.59. The lowest BCUT2D eigenvalue weighted by molar-refractivity contribution is -0.141. The Labute approximate surface area is 120 Å². The fourth-order valence-electron chi connectivity index (χ4n) is 3.01. The molecule has 1 saturated carbocycles. The third kappa shape index (κ3) is 3.51. The van der Waals surface area contributed by atoms with Crippen LogP contribution in [-0.2, 0) is 14.3 Å². The van der Waals surface area contributed by atoms with Crippen LogP contribution in [0.5, 0.6) is 0 Å². The molecule has 2 N–H and O–H groups in total. The second-order valence-corrected chi connectivity index (χ2v) is 7.00. The highest BCUT2D eigenvalue weighted by molar-refractivity contribution is 5.88. The van der Waals surface area contributed by atoms with Gasteiger partial charge in [-0.3, -0.25) is 14.9 Å². The van der Waals surface area contributed by atoms with Crippen molar-refractivity contribution in [2.45, 2.75) is 76.4 Å². The molecule has 1 aliphatic heterocycles. The maximum atomic E-state index is 12.7. The summed E-state index contributed by atoms with van der Waals surface area (Å²) in [6.07, 6.45) is 5.43. The van der Waals surface area contributed by atoms with Gasteiger partial charge in [0.25, 0.3) is 0 Å². The van der Waals surface area contributed by atoms with E-state index >= 15 is 0 Å². The largest absolute Gasteiger partial charge is 0.464 e. The quantitative estimate of drug-likeness (QED) is 0.770. The highest BCUT2D eigenvalue weighted by atomic mass is 16.5. The van der Waals surface area contributed by atoms with E-state index in [4.69, 9.17) is 4.74 Å². The van der Waals surface area contributed by atoms with Crippen molar-refractivity contribution in [2.24, 2.45) is 0 Å². The molecule has 5 heteroatoms. The second kappa shape index (κ2) is 5.72. The summed E-state index contributed by atoms with van der Waals surface area (Å²) in [6, 6.07) is -0.334. The highest BCUT2D eigenvalue weighted by Gasteiger charge is 2.44. The van der Waals surface area contributed by atoms with Gasteiger partial charge in [-0.05, 0) is 33.6 Å². The van der Waals surface area contributed by atoms with Gasteiger partial charge >= 0.3 is 5.97 Å². The van der Waals surface area contributed by atoms with E-state index in [1.807, 2.05) is 20.8 Å². The molecular weight excluding hydrogens is 256 g/mol. The summed E-state index contributed by atoms with van der Waals surface area (Å²) in [5.74, 6) is -0.206. The molecule has 0 unspecified atom stereocenters. The molecule has 5 nitrogen and oxygen atoms in total. The van der Waals surface area contributed by atoms with Crippen LogP contribution in [0.3, 0.4) is 0 Å². The minimum absolute atomic E-state index is 0.0180. The van der Waals surface area contributed by atoms with Crippen LogP contribution in [-0.4, -0.2) is 35.6 Å². The molecule has 0 bridgehead atoms. The lowest BCUT2D eigenvalue weighted by Crippen LogP contribution is -2.63. The third-order valence-corrected chi connectivity index (χ3v) is 4.02. The van der Waals surface area contributed by atoms with Crippen LogP contribution in [0.4, 0.5) is 0 Å². The third-order valence-electron chi connectivity index (χ3n) is 4.02. The van der Waals surface area contributed by atoms with E-state index < -0.39 is 5.54 Å². The number of hydrogen-bond donors (Lipinski definition) is 2. The normalized spacial score (nSPS) is 26.1. The van der Waals surface area contributed by atoms with E-state index in [2.05, 4.69) is 10.6 Å². The standard InChI is InChI=1S/C15H26N2O3/c1-14(2,3)17-13(19)15(8-5-4-6-9-15)16-11-7-10-20-12(11)18/h11,16H,4-10H2,1-3H3,(H,17,19)/t11-/m0/s1. The summed E-state index contributed by atoms with van der Waals surface area (Å²) in [6.45, 7) is 6.38. The molecule has 1 saturated heterocycles. The summed E-state index contributed by atoms with van der Waals surface area (Å²) in [7, 11) is 0. The van der Waals surface area contributed by atoms with Gasteiger partial charge in [-0.15, -0.1) is 0 Å². The van der Waals surface area contributed by atoms with Crippen LogP contribution in [0.15, 0.2) is 0 Å². The van der Waals surface area contributed by atoms with E-state index in [0.717, 1.165) is 32.1 Å². The molecule has 0 radical (unpaired) electrons. The molecule has 1 heterocycles. The Bertz CT molecular complexity index is 381. The molecule has 1 amide bonds. The monoisotopic (exact) mass is 282 g/mol. The van der Waals surface area contributed by atoms with Crippen LogP contribution >= 0.6 is 0 Å². The number of carbonyl (C=O) groups is 2. The maximum Gasteiger partial charge on any atom is 0.323 e. The second-order valence-electron chi connectivity index (χ2n) is 7.00. The minimum atomic E-state index is -0.612. The van der Waals surface area contributed by atoms with E-state index in [9.17, 15) is 9.59 Å². The van der Waals surface area contributed by atoms with Crippen molar-refractivity contribution < 1.29 is 14.3 Å². The molecule has 114 valence electrons. The Kier molecular flexibility index (Phi) is 4.37. The minimum Gasteiger partial charge on any atom is -0.464 e. The first-order valence-electron chi connectivity index (χ1n) is 7.59. The van der Waals surface area contributed by atoms with Gasteiger partial charge in [0.05, 0.1) is 12.1 Å². The van der Waals surface area contributed by atoms with Crippen LogP contribution in [0.25, 0.3) is 0 Å². The average molecular weight is 282 g/mol. The average Bonchev–Trinajstić information content (AvgIpc) is 2.74. The molecular formula is C15H26N2O3. The van der Waals surface area contributed by atoms with Crippen molar-refractivity contribution >= 4 is 11.9 Å².